The Morgan fingerprint density at radius 2 is 2.00 bits per heavy atom. The Bertz CT molecular complexity index is 176. The monoisotopic (exact) mass is 205 g/mol. The van der Waals surface area contributed by atoms with Crippen molar-refractivity contribution in [2.24, 2.45) is 0 Å². The van der Waals surface area contributed by atoms with Gasteiger partial charge in [-0.3, -0.25) is 0 Å². The summed E-state index contributed by atoms with van der Waals surface area (Å²) in [6.45, 7) is 5.10. The summed E-state index contributed by atoms with van der Waals surface area (Å²) in [7, 11) is 0. The van der Waals surface area contributed by atoms with Gasteiger partial charge < -0.3 is 20.3 Å². The van der Waals surface area contributed by atoms with E-state index in [9.17, 15) is 0 Å². The predicted molar refractivity (Wildman–Crippen MR) is 48.2 cm³/mol. The van der Waals surface area contributed by atoms with Crippen molar-refractivity contribution in [3.8, 4) is 0 Å². The molecule has 1 heterocycles. The maximum absolute atomic E-state index is 9.10. The molecule has 0 aromatic rings. The van der Waals surface area contributed by atoms with Crippen molar-refractivity contribution < 1.29 is 24.5 Å². The number of morpholine rings is 1. The van der Waals surface area contributed by atoms with E-state index in [1.807, 2.05) is 0 Å². The highest BCUT2D eigenvalue weighted by molar-refractivity contribution is 6.27. The molecular weight excluding hydrogens is 190 g/mol. The van der Waals surface area contributed by atoms with Crippen LogP contribution < -0.4 is 5.32 Å². The summed E-state index contributed by atoms with van der Waals surface area (Å²) in [6.07, 6.45) is 1.61. The molecule has 1 unspecified atom stereocenters. The van der Waals surface area contributed by atoms with Crippen LogP contribution in [0, 0.1) is 0 Å². The maximum atomic E-state index is 9.10. The van der Waals surface area contributed by atoms with E-state index in [1.54, 1.807) is 0 Å². The first-order chi connectivity index (χ1) is 6.57. The molecule has 0 amide bonds. The molecule has 0 radical (unpaired) electrons. The predicted octanol–water partition coefficient (Wildman–Crippen LogP) is -0.460. The van der Waals surface area contributed by atoms with E-state index < -0.39 is 11.9 Å². The van der Waals surface area contributed by atoms with Crippen molar-refractivity contribution in [2.75, 3.05) is 19.7 Å². The molecule has 6 heteroatoms. The van der Waals surface area contributed by atoms with Gasteiger partial charge in [0.25, 0.3) is 0 Å². The van der Waals surface area contributed by atoms with Crippen molar-refractivity contribution in [1.29, 1.82) is 0 Å². The average Bonchev–Trinajstić information content (AvgIpc) is 2.20. The van der Waals surface area contributed by atoms with Gasteiger partial charge in [0.15, 0.2) is 0 Å². The van der Waals surface area contributed by atoms with E-state index in [2.05, 4.69) is 12.2 Å². The van der Waals surface area contributed by atoms with Gasteiger partial charge >= 0.3 is 11.9 Å². The summed E-state index contributed by atoms with van der Waals surface area (Å²) in [6, 6.07) is 0. The maximum Gasteiger partial charge on any atom is 0.414 e. The van der Waals surface area contributed by atoms with Gasteiger partial charge in [-0.05, 0) is 6.42 Å². The van der Waals surface area contributed by atoms with Crippen LogP contribution in [0.25, 0.3) is 0 Å². The lowest BCUT2D eigenvalue weighted by Gasteiger charge is -2.21. The molecule has 1 fully saturated rings. The smallest absolute Gasteiger partial charge is 0.414 e. The highest BCUT2D eigenvalue weighted by Gasteiger charge is 2.08. The topological polar surface area (TPSA) is 95.9 Å². The van der Waals surface area contributed by atoms with Crippen LogP contribution in [0.3, 0.4) is 0 Å². The van der Waals surface area contributed by atoms with Crippen LogP contribution in [0.1, 0.15) is 13.3 Å². The number of ether oxygens (including phenoxy) is 1. The Balaban J connectivity index is 0.000000255. The third kappa shape index (κ3) is 6.38. The average molecular weight is 205 g/mol. The summed E-state index contributed by atoms with van der Waals surface area (Å²) < 4.78 is 5.36. The van der Waals surface area contributed by atoms with E-state index >= 15 is 0 Å². The molecule has 1 aliphatic heterocycles. The fourth-order valence-electron chi connectivity index (χ4n) is 0.882. The van der Waals surface area contributed by atoms with E-state index in [0.29, 0.717) is 6.10 Å². The SMILES string of the molecule is CCC1CNCCO1.O=C(O)C(=O)O. The fourth-order valence-corrected chi connectivity index (χ4v) is 0.882. The molecular formula is C8H15NO5. The number of carboxylic acids is 2. The zero-order valence-electron chi connectivity index (χ0n) is 8.02. The number of aliphatic carboxylic acids is 2. The van der Waals surface area contributed by atoms with Gasteiger partial charge in [0, 0.05) is 13.1 Å². The van der Waals surface area contributed by atoms with E-state index in [-0.39, 0.29) is 0 Å². The zero-order valence-corrected chi connectivity index (χ0v) is 8.02. The van der Waals surface area contributed by atoms with Crippen LogP contribution in [0.2, 0.25) is 0 Å². The van der Waals surface area contributed by atoms with E-state index in [4.69, 9.17) is 24.5 Å². The van der Waals surface area contributed by atoms with Crippen molar-refractivity contribution in [1.82, 2.24) is 5.32 Å². The fraction of sp³-hybridized carbons (Fsp3) is 0.750. The van der Waals surface area contributed by atoms with Gasteiger partial charge in [0.05, 0.1) is 12.7 Å². The minimum Gasteiger partial charge on any atom is -0.473 e. The Labute approximate surface area is 81.9 Å². The van der Waals surface area contributed by atoms with Crippen LogP contribution >= 0.6 is 0 Å². The molecule has 1 saturated heterocycles. The number of hydrogen-bond acceptors (Lipinski definition) is 4. The summed E-state index contributed by atoms with van der Waals surface area (Å²) in [4.78, 5) is 18.2. The van der Waals surface area contributed by atoms with Gasteiger partial charge in [-0.15, -0.1) is 0 Å². The molecule has 0 bridgehead atoms. The lowest BCUT2D eigenvalue weighted by molar-refractivity contribution is -0.159. The summed E-state index contributed by atoms with van der Waals surface area (Å²) >= 11 is 0. The van der Waals surface area contributed by atoms with Crippen LogP contribution in [0.4, 0.5) is 0 Å². The standard InChI is InChI=1S/C6H13NO.C2H2O4/c1-2-6-5-7-3-4-8-6;3-1(4)2(5)6/h6-7H,2-5H2,1H3;(H,3,4)(H,5,6). The molecule has 1 aliphatic rings. The van der Waals surface area contributed by atoms with Crippen molar-refractivity contribution >= 4 is 11.9 Å². The van der Waals surface area contributed by atoms with Crippen LogP contribution in [0.5, 0.6) is 0 Å². The minimum absolute atomic E-state index is 0.476. The van der Waals surface area contributed by atoms with Gasteiger partial charge in [0.1, 0.15) is 0 Å². The number of rotatable bonds is 1. The third-order valence-electron chi connectivity index (χ3n) is 1.64. The minimum atomic E-state index is -1.82. The summed E-state index contributed by atoms with van der Waals surface area (Å²) in [5.74, 6) is -3.65. The first kappa shape index (κ1) is 12.9. The molecule has 0 spiro atoms. The van der Waals surface area contributed by atoms with Gasteiger partial charge in [-0.1, -0.05) is 6.92 Å². The zero-order chi connectivity index (χ0) is 11.0. The van der Waals surface area contributed by atoms with Crippen LogP contribution in [-0.4, -0.2) is 48.0 Å². The van der Waals surface area contributed by atoms with E-state index in [1.165, 1.54) is 0 Å². The van der Waals surface area contributed by atoms with Crippen molar-refractivity contribution in [2.45, 2.75) is 19.4 Å². The molecule has 1 atom stereocenters. The number of carbonyl (C=O) groups is 2. The number of hydrogen-bond donors (Lipinski definition) is 3. The van der Waals surface area contributed by atoms with Crippen LogP contribution in [-0.2, 0) is 14.3 Å². The van der Waals surface area contributed by atoms with Gasteiger partial charge in [-0.25, -0.2) is 9.59 Å². The Kier molecular flexibility index (Phi) is 6.69. The second kappa shape index (κ2) is 7.28. The molecule has 1 rings (SSSR count). The summed E-state index contributed by atoms with van der Waals surface area (Å²) in [5.41, 5.74) is 0. The summed E-state index contributed by atoms with van der Waals surface area (Å²) in [5, 5.41) is 18.0. The molecule has 0 aromatic carbocycles. The second-order valence-electron chi connectivity index (χ2n) is 2.72. The molecule has 3 N–H and O–H groups in total. The molecule has 0 aromatic heterocycles. The van der Waals surface area contributed by atoms with E-state index in [0.717, 1.165) is 26.1 Å². The molecule has 6 nitrogen and oxygen atoms in total. The van der Waals surface area contributed by atoms with Crippen molar-refractivity contribution in [3.05, 3.63) is 0 Å². The molecule has 0 saturated carbocycles. The Hall–Kier alpha value is -1.14. The lowest BCUT2D eigenvalue weighted by Crippen LogP contribution is -2.37. The van der Waals surface area contributed by atoms with Gasteiger partial charge in [0.2, 0.25) is 0 Å². The normalized spacial score (nSPS) is 20.5. The largest absolute Gasteiger partial charge is 0.473 e. The first-order valence-corrected chi connectivity index (χ1v) is 4.36. The second-order valence-corrected chi connectivity index (χ2v) is 2.72. The quantitative estimate of drug-likeness (QED) is 0.501. The third-order valence-corrected chi connectivity index (χ3v) is 1.64. The molecule has 14 heavy (non-hydrogen) atoms. The highest BCUT2D eigenvalue weighted by Crippen LogP contribution is 1.98. The molecule has 82 valence electrons. The van der Waals surface area contributed by atoms with Crippen LogP contribution in [0.15, 0.2) is 0 Å². The van der Waals surface area contributed by atoms with Crippen molar-refractivity contribution in [3.63, 3.8) is 0 Å². The van der Waals surface area contributed by atoms with Gasteiger partial charge in [-0.2, -0.15) is 0 Å². The highest BCUT2D eigenvalue weighted by atomic mass is 16.5. The first-order valence-electron chi connectivity index (χ1n) is 4.36. The Morgan fingerprint density at radius 1 is 1.43 bits per heavy atom. The molecule has 0 aliphatic carbocycles. The number of nitrogens with one attached hydrogen (secondary N) is 1. The Morgan fingerprint density at radius 3 is 2.21 bits per heavy atom. The number of carboxylic acid groups (broad SMARTS) is 2. The lowest BCUT2D eigenvalue weighted by atomic mass is 10.2.